The lowest BCUT2D eigenvalue weighted by atomic mass is 9.87. The van der Waals surface area contributed by atoms with Crippen LogP contribution in [0, 0.1) is 11.8 Å². The van der Waals surface area contributed by atoms with Crippen molar-refractivity contribution in [1.82, 2.24) is 9.80 Å². The van der Waals surface area contributed by atoms with Gasteiger partial charge in [-0.05, 0) is 37.9 Å². The van der Waals surface area contributed by atoms with Crippen LogP contribution in [-0.4, -0.2) is 68.3 Å². The topological polar surface area (TPSA) is 41.7 Å². The first kappa shape index (κ1) is 14.3. The Morgan fingerprint density at radius 1 is 1.22 bits per heavy atom. The third-order valence-electron chi connectivity index (χ3n) is 4.60. The molecule has 2 saturated heterocycles. The van der Waals surface area contributed by atoms with Crippen molar-refractivity contribution >= 4 is 0 Å². The number of rotatable bonds is 4. The molecule has 0 bridgehead atoms. The zero-order valence-corrected chi connectivity index (χ0v) is 12.0. The minimum Gasteiger partial charge on any atom is -0.374 e. The van der Waals surface area contributed by atoms with Gasteiger partial charge in [-0.1, -0.05) is 13.8 Å². The van der Waals surface area contributed by atoms with Crippen LogP contribution >= 0.6 is 0 Å². The van der Waals surface area contributed by atoms with Crippen molar-refractivity contribution in [2.24, 2.45) is 17.6 Å². The average Bonchev–Trinajstić information content (AvgIpc) is 2.39. The van der Waals surface area contributed by atoms with E-state index in [2.05, 4.69) is 23.6 Å². The highest BCUT2D eigenvalue weighted by atomic mass is 16.5. The Morgan fingerprint density at radius 2 is 2.06 bits per heavy atom. The quantitative estimate of drug-likeness (QED) is 0.800. The second kappa shape index (κ2) is 6.85. The third kappa shape index (κ3) is 3.67. The number of likely N-dealkylation sites (N-methyl/N-ethyl adjacent to an activating group) is 1. The van der Waals surface area contributed by atoms with Crippen LogP contribution in [0.3, 0.4) is 0 Å². The molecule has 0 aromatic carbocycles. The fourth-order valence-electron chi connectivity index (χ4n) is 3.26. The normalized spacial score (nSPS) is 35.8. The molecule has 106 valence electrons. The monoisotopic (exact) mass is 255 g/mol. The molecular formula is C14H29N3O. The Kier molecular flexibility index (Phi) is 5.42. The summed E-state index contributed by atoms with van der Waals surface area (Å²) < 4.78 is 5.89. The van der Waals surface area contributed by atoms with Gasteiger partial charge < -0.3 is 15.4 Å². The van der Waals surface area contributed by atoms with Crippen molar-refractivity contribution in [3.05, 3.63) is 0 Å². The first-order chi connectivity index (χ1) is 8.72. The van der Waals surface area contributed by atoms with Crippen LogP contribution in [0.2, 0.25) is 0 Å². The van der Waals surface area contributed by atoms with Gasteiger partial charge in [0.15, 0.2) is 0 Å². The van der Waals surface area contributed by atoms with Crippen LogP contribution in [0.4, 0.5) is 0 Å². The second-order valence-electron chi connectivity index (χ2n) is 5.91. The molecule has 3 unspecified atom stereocenters. The van der Waals surface area contributed by atoms with E-state index in [-0.39, 0.29) is 0 Å². The van der Waals surface area contributed by atoms with Crippen molar-refractivity contribution in [2.75, 3.05) is 52.4 Å². The molecule has 0 aromatic heterocycles. The third-order valence-corrected chi connectivity index (χ3v) is 4.60. The number of hydrogen-bond donors (Lipinski definition) is 1. The van der Waals surface area contributed by atoms with E-state index < -0.39 is 0 Å². The van der Waals surface area contributed by atoms with Crippen LogP contribution in [0.5, 0.6) is 0 Å². The Balaban J connectivity index is 1.76. The van der Waals surface area contributed by atoms with Crippen LogP contribution in [0.25, 0.3) is 0 Å². The fraction of sp³-hybridized carbons (Fsp3) is 1.00. The molecule has 0 amide bonds. The molecule has 2 fully saturated rings. The van der Waals surface area contributed by atoms with Gasteiger partial charge in [0.25, 0.3) is 0 Å². The largest absolute Gasteiger partial charge is 0.374 e. The summed E-state index contributed by atoms with van der Waals surface area (Å²) in [5, 5.41) is 0. The maximum absolute atomic E-state index is 5.89. The van der Waals surface area contributed by atoms with Crippen LogP contribution in [0.15, 0.2) is 0 Å². The summed E-state index contributed by atoms with van der Waals surface area (Å²) >= 11 is 0. The van der Waals surface area contributed by atoms with Crippen LogP contribution in [-0.2, 0) is 4.74 Å². The van der Waals surface area contributed by atoms with E-state index in [1.807, 2.05) is 0 Å². The minimum absolute atomic E-state index is 0.403. The zero-order valence-electron chi connectivity index (χ0n) is 12.0. The average molecular weight is 255 g/mol. The van der Waals surface area contributed by atoms with Crippen LogP contribution in [0.1, 0.15) is 20.3 Å². The van der Waals surface area contributed by atoms with E-state index in [9.17, 15) is 0 Å². The Labute approximate surface area is 111 Å². The Morgan fingerprint density at radius 3 is 2.72 bits per heavy atom. The predicted molar refractivity (Wildman–Crippen MR) is 74.6 cm³/mol. The van der Waals surface area contributed by atoms with E-state index >= 15 is 0 Å². The summed E-state index contributed by atoms with van der Waals surface area (Å²) in [6.45, 7) is 13.1. The number of nitrogens with zero attached hydrogens (tertiary/aromatic N) is 2. The summed E-state index contributed by atoms with van der Waals surface area (Å²) in [6.07, 6.45) is 1.65. The van der Waals surface area contributed by atoms with Gasteiger partial charge >= 0.3 is 0 Å². The van der Waals surface area contributed by atoms with Crippen molar-refractivity contribution in [3.8, 4) is 0 Å². The Bertz CT molecular complexity index is 249. The van der Waals surface area contributed by atoms with Gasteiger partial charge in [-0.2, -0.15) is 0 Å². The smallest absolute Gasteiger partial charge is 0.0829 e. The first-order valence-corrected chi connectivity index (χ1v) is 7.49. The van der Waals surface area contributed by atoms with Gasteiger partial charge in [-0.15, -0.1) is 0 Å². The molecule has 2 aliphatic heterocycles. The van der Waals surface area contributed by atoms with Gasteiger partial charge in [0.05, 0.1) is 12.7 Å². The molecule has 0 aromatic rings. The number of piperidine rings is 1. The van der Waals surface area contributed by atoms with Gasteiger partial charge in [0.2, 0.25) is 0 Å². The molecule has 0 saturated carbocycles. The molecule has 18 heavy (non-hydrogen) atoms. The number of hydrogen-bond acceptors (Lipinski definition) is 4. The summed E-state index contributed by atoms with van der Waals surface area (Å²) in [5.41, 5.74) is 5.81. The highest BCUT2D eigenvalue weighted by Crippen LogP contribution is 2.22. The van der Waals surface area contributed by atoms with Crippen molar-refractivity contribution in [2.45, 2.75) is 26.4 Å². The molecule has 2 aliphatic rings. The first-order valence-electron chi connectivity index (χ1n) is 7.49. The number of morpholine rings is 1. The lowest BCUT2D eigenvalue weighted by Gasteiger charge is -2.40. The van der Waals surface area contributed by atoms with E-state index in [4.69, 9.17) is 10.5 Å². The molecule has 0 radical (unpaired) electrons. The maximum Gasteiger partial charge on any atom is 0.0829 e. The molecule has 2 rings (SSSR count). The molecule has 2 N–H and O–H groups in total. The van der Waals surface area contributed by atoms with Gasteiger partial charge in [0, 0.05) is 26.2 Å². The SMILES string of the molecule is CCN1CCOC(CN2CCC(CN)C(C)C2)C1. The Hall–Kier alpha value is -0.160. The molecule has 0 aliphatic carbocycles. The number of ether oxygens (including phenoxy) is 1. The summed E-state index contributed by atoms with van der Waals surface area (Å²) in [7, 11) is 0. The number of nitrogens with two attached hydrogens (primary N) is 1. The predicted octanol–water partition coefficient (Wildman–Crippen LogP) is 0.624. The lowest BCUT2D eigenvalue weighted by molar-refractivity contribution is -0.0483. The van der Waals surface area contributed by atoms with Gasteiger partial charge in [-0.25, -0.2) is 0 Å². The molecule has 2 heterocycles. The van der Waals surface area contributed by atoms with Gasteiger partial charge in [-0.3, -0.25) is 4.90 Å². The standard InChI is InChI=1S/C14H29N3O/c1-3-16-6-7-18-14(10-16)11-17-5-4-13(8-15)12(2)9-17/h12-14H,3-11,15H2,1-2H3. The van der Waals surface area contributed by atoms with E-state index in [1.54, 1.807) is 0 Å². The fourth-order valence-corrected chi connectivity index (χ4v) is 3.26. The lowest BCUT2D eigenvalue weighted by Crippen LogP contribution is -2.50. The highest BCUT2D eigenvalue weighted by molar-refractivity contribution is 4.81. The molecule has 0 spiro atoms. The highest BCUT2D eigenvalue weighted by Gasteiger charge is 2.28. The molecule has 3 atom stereocenters. The van der Waals surface area contributed by atoms with E-state index in [0.29, 0.717) is 6.10 Å². The molecular weight excluding hydrogens is 226 g/mol. The van der Waals surface area contributed by atoms with Gasteiger partial charge in [0.1, 0.15) is 0 Å². The van der Waals surface area contributed by atoms with E-state index in [1.165, 1.54) is 19.5 Å². The summed E-state index contributed by atoms with van der Waals surface area (Å²) in [4.78, 5) is 5.06. The number of likely N-dealkylation sites (tertiary alicyclic amines) is 1. The summed E-state index contributed by atoms with van der Waals surface area (Å²) in [5.74, 6) is 1.45. The molecule has 4 heteroatoms. The van der Waals surface area contributed by atoms with Crippen molar-refractivity contribution in [3.63, 3.8) is 0 Å². The van der Waals surface area contributed by atoms with E-state index in [0.717, 1.165) is 51.2 Å². The second-order valence-corrected chi connectivity index (χ2v) is 5.91. The zero-order chi connectivity index (χ0) is 13.0. The van der Waals surface area contributed by atoms with Crippen molar-refractivity contribution < 1.29 is 4.74 Å². The summed E-state index contributed by atoms with van der Waals surface area (Å²) in [6, 6.07) is 0. The maximum atomic E-state index is 5.89. The van der Waals surface area contributed by atoms with Crippen molar-refractivity contribution in [1.29, 1.82) is 0 Å². The molecule has 4 nitrogen and oxygen atoms in total. The minimum atomic E-state index is 0.403. The van der Waals surface area contributed by atoms with Crippen LogP contribution < -0.4 is 5.73 Å².